The van der Waals surface area contributed by atoms with Crippen molar-refractivity contribution in [3.8, 4) is 0 Å². The summed E-state index contributed by atoms with van der Waals surface area (Å²) in [4.78, 5) is 31.9. The number of nitrogen functional groups attached to an aromatic ring is 1. The number of rotatable bonds is 10. The molecule has 1 saturated carbocycles. The second-order valence-corrected chi connectivity index (χ2v) is 8.01. The molecule has 2 amide bonds. The number of likely N-dealkylation sites (N-methyl/N-ethyl adjacent to an activating group) is 1. The summed E-state index contributed by atoms with van der Waals surface area (Å²) in [6, 6.07) is 2.80. The van der Waals surface area contributed by atoms with E-state index in [2.05, 4.69) is 20.5 Å². The monoisotopic (exact) mass is 403 g/mol. The zero-order valence-electron chi connectivity index (χ0n) is 18.1. The van der Waals surface area contributed by atoms with Crippen LogP contribution in [0.25, 0.3) is 0 Å². The number of nitrogens with two attached hydrogens (primary N) is 1. The molecule has 0 aliphatic heterocycles. The minimum atomic E-state index is -0.509. The number of hydrogen-bond acceptors (Lipinski definition) is 5. The van der Waals surface area contributed by atoms with Gasteiger partial charge in [-0.05, 0) is 44.0 Å². The number of hydrogen-bond donors (Lipinski definition) is 3. The third kappa shape index (κ3) is 7.31. The fraction of sp³-hybridized carbons (Fsp3) is 0.682. The molecule has 0 spiro atoms. The van der Waals surface area contributed by atoms with Crippen molar-refractivity contribution >= 4 is 17.6 Å². The minimum absolute atomic E-state index is 0.0844. The Kier molecular flexibility index (Phi) is 9.38. The molecule has 1 fully saturated rings. The van der Waals surface area contributed by atoms with Crippen LogP contribution in [0.2, 0.25) is 0 Å². The first kappa shape index (κ1) is 23.1. The highest BCUT2D eigenvalue weighted by molar-refractivity contribution is 5.89. The summed E-state index contributed by atoms with van der Waals surface area (Å²) in [5, 5.41) is 5.99. The van der Waals surface area contributed by atoms with Crippen molar-refractivity contribution in [3.05, 3.63) is 23.9 Å². The summed E-state index contributed by atoms with van der Waals surface area (Å²) in [6.07, 6.45) is 8.30. The molecule has 0 bridgehead atoms. The Morgan fingerprint density at radius 1 is 1.17 bits per heavy atom. The minimum Gasteiger partial charge on any atom is -0.384 e. The first-order valence-corrected chi connectivity index (χ1v) is 11.0. The van der Waals surface area contributed by atoms with Crippen LogP contribution in [0.1, 0.15) is 64.9 Å². The Morgan fingerprint density at radius 2 is 1.86 bits per heavy atom. The number of pyridine rings is 1. The number of carbonyl (C=O) groups excluding carboxylic acids is 2. The van der Waals surface area contributed by atoms with E-state index in [9.17, 15) is 9.59 Å². The zero-order valence-corrected chi connectivity index (χ0v) is 18.1. The fourth-order valence-corrected chi connectivity index (χ4v) is 4.07. The summed E-state index contributed by atoms with van der Waals surface area (Å²) in [5.41, 5.74) is 6.50. The molecule has 1 aliphatic carbocycles. The molecule has 1 aromatic heterocycles. The van der Waals surface area contributed by atoms with Crippen LogP contribution in [0.3, 0.4) is 0 Å². The number of amides is 2. The van der Waals surface area contributed by atoms with E-state index in [1.54, 1.807) is 12.3 Å². The van der Waals surface area contributed by atoms with Crippen LogP contribution in [0.5, 0.6) is 0 Å². The van der Waals surface area contributed by atoms with Gasteiger partial charge >= 0.3 is 0 Å². The van der Waals surface area contributed by atoms with E-state index >= 15 is 0 Å². The van der Waals surface area contributed by atoms with Crippen LogP contribution >= 0.6 is 0 Å². The van der Waals surface area contributed by atoms with E-state index in [0.29, 0.717) is 24.7 Å². The van der Waals surface area contributed by atoms with E-state index in [-0.39, 0.29) is 17.9 Å². The topological polar surface area (TPSA) is 100 Å². The van der Waals surface area contributed by atoms with Gasteiger partial charge < -0.3 is 16.4 Å². The van der Waals surface area contributed by atoms with Crippen LogP contribution in [0.15, 0.2) is 18.3 Å². The quantitative estimate of drug-likeness (QED) is 0.557. The molecule has 2 atom stereocenters. The molecule has 0 aromatic carbocycles. The van der Waals surface area contributed by atoms with Crippen molar-refractivity contribution in [3.63, 3.8) is 0 Å². The molecule has 29 heavy (non-hydrogen) atoms. The van der Waals surface area contributed by atoms with Gasteiger partial charge in [0, 0.05) is 12.7 Å². The highest BCUT2D eigenvalue weighted by atomic mass is 16.2. The van der Waals surface area contributed by atoms with Gasteiger partial charge in [-0.15, -0.1) is 0 Å². The van der Waals surface area contributed by atoms with Crippen LogP contribution < -0.4 is 16.4 Å². The van der Waals surface area contributed by atoms with Gasteiger partial charge in [-0.3, -0.25) is 14.5 Å². The molecular weight excluding hydrogens is 366 g/mol. The summed E-state index contributed by atoms with van der Waals surface area (Å²) in [5.74, 6) is 0.723. The Hall–Kier alpha value is -2.15. The van der Waals surface area contributed by atoms with Gasteiger partial charge in [0.05, 0.1) is 6.04 Å². The molecule has 1 aromatic rings. The van der Waals surface area contributed by atoms with Crippen molar-refractivity contribution in [1.82, 2.24) is 20.5 Å². The maximum atomic E-state index is 12.9. The highest BCUT2D eigenvalue weighted by Gasteiger charge is 2.28. The fourth-order valence-electron chi connectivity index (χ4n) is 4.07. The van der Waals surface area contributed by atoms with E-state index in [4.69, 9.17) is 5.73 Å². The largest absolute Gasteiger partial charge is 0.384 e. The second-order valence-electron chi connectivity index (χ2n) is 8.01. The molecule has 162 valence electrons. The average Bonchev–Trinajstić information content (AvgIpc) is 2.74. The summed E-state index contributed by atoms with van der Waals surface area (Å²) < 4.78 is 0. The summed E-state index contributed by atoms with van der Waals surface area (Å²) in [7, 11) is 0. The molecule has 4 N–H and O–H groups in total. The van der Waals surface area contributed by atoms with Crippen LogP contribution in [-0.4, -0.2) is 46.9 Å². The summed E-state index contributed by atoms with van der Waals surface area (Å²) in [6.45, 7) is 7.95. The van der Waals surface area contributed by atoms with Crippen molar-refractivity contribution in [1.29, 1.82) is 0 Å². The number of aromatic nitrogens is 1. The van der Waals surface area contributed by atoms with Gasteiger partial charge in [0.25, 0.3) is 0 Å². The zero-order chi connectivity index (χ0) is 21.2. The van der Waals surface area contributed by atoms with Gasteiger partial charge in [0.15, 0.2) is 0 Å². The van der Waals surface area contributed by atoms with E-state index in [1.165, 1.54) is 19.3 Å². The Morgan fingerprint density at radius 3 is 2.45 bits per heavy atom. The van der Waals surface area contributed by atoms with E-state index in [1.807, 2.05) is 26.8 Å². The predicted octanol–water partition coefficient (Wildman–Crippen LogP) is 2.47. The van der Waals surface area contributed by atoms with Gasteiger partial charge in [0.2, 0.25) is 11.8 Å². The maximum absolute atomic E-state index is 12.9. The molecule has 1 heterocycles. The Balaban J connectivity index is 2.01. The molecule has 1 aliphatic rings. The van der Waals surface area contributed by atoms with E-state index in [0.717, 1.165) is 31.5 Å². The smallest absolute Gasteiger partial charge is 0.242 e. The average molecular weight is 404 g/mol. The van der Waals surface area contributed by atoms with Crippen molar-refractivity contribution in [2.75, 3.05) is 18.8 Å². The standard InChI is InChI=1S/C22H37N5O2/c1-4-27(5-2)16(3)21(28)26-19(13-17-9-7-6-8-10-17)22(29)25-15-18-11-12-20(23)24-14-18/h11-12,14,16-17,19H,4-10,13,15H2,1-3H3,(H2,23,24)(H,25,29)(H,26,28)/t16-,19-/m0/s1. The van der Waals surface area contributed by atoms with Gasteiger partial charge in [-0.1, -0.05) is 52.0 Å². The molecule has 0 saturated heterocycles. The lowest BCUT2D eigenvalue weighted by Gasteiger charge is -2.30. The van der Waals surface area contributed by atoms with Gasteiger partial charge in [-0.25, -0.2) is 4.98 Å². The van der Waals surface area contributed by atoms with Crippen LogP contribution in [-0.2, 0) is 16.1 Å². The number of nitrogens with zero attached hydrogens (tertiary/aromatic N) is 2. The maximum Gasteiger partial charge on any atom is 0.242 e. The van der Waals surface area contributed by atoms with E-state index < -0.39 is 6.04 Å². The summed E-state index contributed by atoms with van der Waals surface area (Å²) >= 11 is 0. The number of nitrogens with one attached hydrogen (secondary N) is 2. The Labute approximate surface area is 174 Å². The molecule has 2 rings (SSSR count). The first-order valence-electron chi connectivity index (χ1n) is 11.0. The van der Waals surface area contributed by atoms with Crippen molar-refractivity contribution < 1.29 is 9.59 Å². The predicted molar refractivity (Wildman–Crippen MR) is 116 cm³/mol. The van der Waals surface area contributed by atoms with Crippen LogP contribution in [0.4, 0.5) is 5.82 Å². The lowest BCUT2D eigenvalue weighted by atomic mass is 9.84. The second kappa shape index (κ2) is 11.8. The Bertz CT molecular complexity index is 639. The molecule has 7 heteroatoms. The SMILES string of the molecule is CCN(CC)[C@@H](C)C(=O)N[C@@H](CC1CCCCC1)C(=O)NCc1ccc(N)nc1. The number of anilines is 1. The third-order valence-electron chi connectivity index (χ3n) is 5.98. The van der Waals surface area contributed by atoms with Gasteiger partial charge in [0.1, 0.15) is 11.9 Å². The molecule has 0 radical (unpaired) electrons. The molecular formula is C22H37N5O2. The third-order valence-corrected chi connectivity index (χ3v) is 5.98. The molecule has 0 unspecified atom stereocenters. The molecule has 7 nitrogen and oxygen atoms in total. The first-order chi connectivity index (χ1) is 13.9. The lowest BCUT2D eigenvalue weighted by molar-refractivity contribution is -0.132. The lowest BCUT2D eigenvalue weighted by Crippen LogP contribution is -2.53. The number of carbonyl (C=O) groups is 2. The van der Waals surface area contributed by atoms with Crippen LogP contribution in [0, 0.1) is 5.92 Å². The van der Waals surface area contributed by atoms with Crippen molar-refractivity contribution in [2.24, 2.45) is 5.92 Å². The normalized spacial score (nSPS) is 17.0. The van der Waals surface area contributed by atoms with Crippen molar-refractivity contribution in [2.45, 2.75) is 77.9 Å². The highest BCUT2D eigenvalue weighted by Crippen LogP contribution is 2.27. The van der Waals surface area contributed by atoms with Gasteiger partial charge in [-0.2, -0.15) is 0 Å².